The Kier molecular flexibility index (Phi) is 5.32. The summed E-state index contributed by atoms with van der Waals surface area (Å²) in [5.41, 5.74) is 0.828. The smallest absolute Gasteiger partial charge is 0.302 e. The Bertz CT molecular complexity index is 786. The Morgan fingerprint density at radius 3 is 2.42 bits per heavy atom. The zero-order valence-corrected chi connectivity index (χ0v) is 21.6. The quantitative estimate of drug-likeness (QED) is 0.429. The van der Waals surface area contributed by atoms with Gasteiger partial charge in [0.2, 0.25) is 0 Å². The van der Waals surface area contributed by atoms with E-state index in [2.05, 4.69) is 27.7 Å². The van der Waals surface area contributed by atoms with Crippen LogP contribution < -0.4 is 0 Å². The molecule has 2 heterocycles. The highest BCUT2D eigenvalue weighted by Crippen LogP contribution is 2.71. The maximum Gasteiger partial charge on any atom is 0.302 e. The van der Waals surface area contributed by atoms with Crippen LogP contribution in [-0.2, 0) is 19.0 Å². The predicted molar refractivity (Wildman–Crippen MR) is 127 cm³/mol. The molecule has 2 aliphatic heterocycles. The molecule has 4 saturated carbocycles. The van der Waals surface area contributed by atoms with Crippen molar-refractivity contribution in [2.45, 2.75) is 117 Å². The number of fused-ring (bicyclic) bond motifs is 7. The number of esters is 1. The number of hydrogen-bond acceptors (Lipinski definition) is 4. The molecule has 0 radical (unpaired) electrons. The molecule has 6 aliphatic rings. The summed E-state index contributed by atoms with van der Waals surface area (Å²) in [4.78, 5) is 11.5. The van der Waals surface area contributed by atoms with Crippen LogP contribution in [0.25, 0.3) is 0 Å². The third-order valence-corrected chi connectivity index (χ3v) is 12.2. The summed E-state index contributed by atoms with van der Waals surface area (Å²) in [6.07, 6.45) is 12.9. The third kappa shape index (κ3) is 3.25. The van der Waals surface area contributed by atoms with Crippen LogP contribution in [0, 0.1) is 52.3 Å². The first-order valence-electron chi connectivity index (χ1n) is 14.2. The van der Waals surface area contributed by atoms with Gasteiger partial charge in [0.1, 0.15) is 6.10 Å². The van der Waals surface area contributed by atoms with Crippen LogP contribution in [0.3, 0.4) is 0 Å². The molecule has 186 valence electrons. The first-order valence-corrected chi connectivity index (χ1v) is 14.2. The third-order valence-electron chi connectivity index (χ3n) is 12.2. The topological polar surface area (TPSA) is 44.8 Å². The number of carbonyl (C=O) groups is 1. The average molecular weight is 459 g/mol. The lowest BCUT2D eigenvalue weighted by atomic mass is 9.44. The Labute approximate surface area is 200 Å². The molecule has 4 nitrogen and oxygen atoms in total. The van der Waals surface area contributed by atoms with E-state index in [0.29, 0.717) is 34.7 Å². The average Bonchev–Trinajstić information content (AvgIpc) is 3.21. The molecule has 0 bridgehead atoms. The van der Waals surface area contributed by atoms with Crippen LogP contribution in [-0.4, -0.2) is 30.6 Å². The van der Waals surface area contributed by atoms with E-state index >= 15 is 0 Å². The fourth-order valence-corrected chi connectivity index (χ4v) is 10.6. The minimum absolute atomic E-state index is 0.105. The van der Waals surface area contributed by atoms with Gasteiger partial charge in [0, 0.05) is 19.3 Å². The largest absolute Gasteiger partial charge is 0.463 e. The minimum atomic E-state index is -0.300. The Balaban J connectivity index is 1.21. The molecule has 6 fully saturated rings. The summed E-state index contributed by atoms with van der Waals surface area (Å²) in [5.74, 6) is 4.63. The van der Waals surface area contributed by atoms with Gasteiger partial charge in [0.25, 0.3) is 0 Å². The Hall–Kier alpha value is -0.610. The lowest BCUT2D eigenvalue weighted by Crippen LogP contribution is -2.55. The summed E-state index contributed by atoms with van der Waals surface area (Å²) in [5, 5.41) is 0. The molecule has 33 heavy (non-hydrogen) atoms. The second-order valence-electron chi connectivity index (χ2n) is 13.7. The molecule has 0 aromatic heterocycles. The molecule has 0 amide bonds. The van der Waals surface area contributed by atoms with Gasteiger partial charge in [-0.1, -0.05) is 27.7 Å². The van der Waals surface area contributed by atoms with Crippen molar-refractivity contribution < 1.29 is 19.0 Å². The number of ether oxygens (including phenoxy) is 3. The van der Waals surface area contributed by atoms with Crippen molar-refractivity contribution in [3.05, 3.63) is 0 Å². The highest BCUT2D eigenvalue weighted by Gasteiger charge is 2.69. The molecular weight excluding hydrogens is 412 g/mol. The van der Waals surface area contributed by atoms with Gasteiger partial charge < -0.3 is 14.2 Å². The van der Waals surface area contributed by atoms with Gasteiger partial charge in [-0.15, -0.1) is 0 Å². The maximum absolute atomic E-state index is 11.5. The Morgan fingerprint density at radius 2 is 1.70 bits per heavy atom. The second-order valence-corrected chi connectivity index (χ2v) is 13.7. The van der Waals surface area contributed by atoms with Gasteiger partial charge >= 0.3 is 5.97 Å². The second kappa shape index (κ2) is 7.69. The molecule has 0 aromatic carbocycles. The molecular formula is C29H46O4. The molecule has 1 unspecified atom stereocenters. The summed E-state index contributed by atoms with van der Waals surface area (Å²) in [6.45, 7) is 12.4. The van der Waals surface area contributed by atoms with E-state index in [1.54, 1.807) is 6.92 Å². The summed E-state index contributed by atoms with van der Waals surface area (Å²) in [7, 11) is 0. The molecule has 6 rings (SSSR count). The number of rotatable bonds is 1. The van der Waals surface area contributed by atoms with Crippen molar-refractivity contribution in [3.8, 4) is 0 Å². The van der Waals surface area contributed by atoms with Crippen LogP contribution in [0.5, 0.6) is 0 Å². The zero-order chi connectivity index (χ0) is 23.2. The van der Waals surface area contributed by atoms with E-state index in [1.807, 2.05) is 0 Å². The maximum atomic E-state index is 11.5. The van der Waals surface area contributed by atoms with Crippen molar-refractivity contribution in [1.82, 2.24) is 0 Å². The molecule has 4 aliphatic carbocycles. The van der Waals surface area contributed by atoms with Crippen LogP contribution in [0.4, 0.5) is 0 Å². The molecule has 0 N–H and O–H groups in total. The van der Waals surface area contributed by atoms with Crippen LogP contribution in [0.15, 0.2) is 0 Å². The van der Waals surface area contributed by atoms with E-state index in [0.717, 1.165) is 49.5 Å². The minimum Gasteiger partial charge on any atom is -0.463 e. The van der Waals surface area contributed by atoms with E-state index in [-0.39, 0.29) is 17.9 Å². The predicted octanol–water partition coefficient (Wildman–Crippen LogP) is 6.36. The summed E-state index contributed by atoms with van der Waals surface area (Å²) in [6, 6.07) is 0. The van der Waals surface area contributed by atoms with E-state index in [1.165, 1.54) is 44.9 Å². The normalized spacial score (nSPS) is 57.7. The van der Waals surface area contributed by atoms with Gasteiger partial charge in [-0.3, -0.25) is 4.79 Å². The highest BCUT2D eigenvalue weighted by molar-refractivity contribution is 5.66. The zero-order valence-electron chi connectivity index (χ0n) is 21.6. The van der Waals surface area contributed by atoms with Gasteiger partial charge in [0.05, 0.1) is 12.7 Å². The van der Waals surface area contributed by atoms with Crippen molar-refractivity contribution in [2.75, 3.05) is 6.61 Å². The van der Waals surface area contributed by atoms with Gasteiger partial charge in [-0.25, -0.2) is 0 Å². The molecule has 2 saturated heterocycles. The van der Waals surface area contributed by atoms with Crippen LogP contribution >= 0.6 is 0 Å². The standard InChI is InChI=1S/C29H46O4/c1-17-8-13-29(31-16-17)18(2)26-25(33-29)15-24-22-7-6-20-14-21(32-19(3)30)9-11-27(20,4)23(22)10-12-28(24,26)5/h17-18,20-26H,6-16H2,1-5H3/t17?,18-,20-,21-,22+,23-,24-,25-,26-,27-,28-,29-/m0/s1. The van der Waals surface area contributed by atoms with Crippen molar-refractivity contribution in [2.24, 2.45) is 52.3 Å². The molecule has 0 aromatic rings. The lowest BCUT2D eigenvalue weighted by Gasteiger charge is -2.61. The van der Waals surface area contributed by atoms with Crippen LogP contribution in [0.2, 0.25) is 0 Å². The lowest BCUT2D eigenvalue weighted by molar-refractivity contribution is -0.273. The number of carbonyl (C=O) groups excluding carboxylic acids is 1. The van der Waals surface area contributed by atoms with Gasteiger partial charge in [-0.2, -0.15) is 0 Å². The van der Waals surface area contributed by atoms with Crippen LogP contribution in [0.1, 0.15) is 98.8 Å². The van der Waals surface area contributed by atoms with Crippen molar-refractivity contribution >= 4 is 5.97 Å². The first kappa shape index (κ1) is 22.8. The van der Waals surface area contributed by atoms with Gasteiger partial charge in [-0.05, 0) is 104 Å². The van der Waals surface area contributed by atoms with E-state index in [4.69, 9.17) is 14.2 Å². The molecule has 12 atom stereocenters. The number of hydrogen-bond donors (Lipinski definition) is 0. The SMILES string of the molecule is CC(=O)O[C@H]1CC[C@@]2(C)[C@@H](CC[C@@H]3[C@@H]2CC[C@]2(C)[C@@H]4[C@H](C[C@@H]32)O[C@@]2(CCC(C)CO2)[C@H]4C)C1. The summed E-state index contributed by atoms with van der Waals surface area (Å²) >= 11 is 0. The van der Waals surface area contributed by atoms with Crippen molar-refractivity contribution in [3.63, 3.8) is 0 Å². The highest BCUT2D eigenvalue weighted by atomic mass is 16.7. The fourth-order valence-electron chi connectivity index (χ4n) is 10.6. The van der Waals surface area contributed by atoms with E-state index < -0.39 is 0 Å². The molecule has 4 heteroatoms. The summed E-state index contributed by atoms with van der Waals surface area (Å²) < 4.78 is 19.1. The Morgan fingerprint density at radius 1 is 0.909 bits per heavy atom. The fraction of sp³-hybridized carbons (Fsp3) is 0.966. The molecule has 1 spiro atoms. The van der Waals surface area contributed by atoms with E-state index in [9.17, 15) is 4.79 Å². The van der Waals surface area contributed by atoms with Crippen molar-refractivity contribution in [1.29, 1.82) is 0 Å². The van der Waals surface area contributed by atoms with Gasteiger partial charge in [0.15, 0.2) is 5.79 Å². The first-order chi connectivity index (χ1) is 15.7. The monoisotopic (exact) mass is 458 g/mol.